The van der Waals surface area contributed by atoms with Crippen LogP contribution in [0, 0.1) is 0 Å². The van der Waals surface area contributed by atoms with E-state index in [1.54, 1.807) is 60.7 Å². The summed E-state index contributed by atoms with van der Waals surface area (Å²) in [5.74, 6) is 1.49. The summed E-state index contributed by atoms with van der Waals surface area (Å²) in [5, 5.41) is 6.20. The van der Waals surface area contributed by atoms with Crippen LogP contribution < -0.4 is 29.6 Å². The van der Waals surface area contributed by atoms with Gasteiger partial charge in [-0.25, -0.2) is 0 Å². The van der Waals surface area contributed by atoms with Crippen molar-refractivity contribution in [1.82, 2.24) is 0 Å². The lowest BCUT2D eigenvalue weighted by Crippen LogP contribution is -2.17. The first-order chi connectivity index (χ1) is 17.6. The maximum Gasteiger partial charge on any atom is 0.293 e. The van der Waals surface area contributed by atoms with Gasteiger partial charge in [0.15, 0.2) is 23.0 Å². The molecule has 0 saturated carbocycles. The number of benzene rings is 3. The van der Waals surface area contributed by atoms with Gasteiger partial charge in [-0.05, 0) is 48.0 Å². The second-order valence-corrected chi connectivity index (χ2v) is 8.05. The largest absolute Gasteiger partial charge is 0.486 e. The normalized spacial score (nSPS) is 13.7. The van der Waals surface area contributed by atoms with E-state index in [1.165, 1.54) is 6.08 Å². The van der Waals surface area contributed by atoms with E-state index in [1.807, 2.05) is 6.07 Å². The van der Waals surface area contributed by atoms with E-state index < -0.39 is 11.8 Å². The van der Waals surface area contributed by atoms with Crippen LogP contribution in [0.2, 0.25) is 0 Å². The first kappa shape index (κ1) is 21.6. The standard InChI is InChI=1S/C27H20N2O7/c30-24(10-6-16-5-8-21-22(13-16)35-15-34-21)29-25-18-3-1-2-4-19(18)36-26(25)27(31)28-17-7-9-20-23(14-17)33-12-11-32-20/h1-10,13-14H,11-12,15H2,(H,28,31)(H,29,30)/b10-6+. The lowest BCUT2D eigenvalue weighted by molar-refractivity contribution is -0.111. The van der Waals surface area contributed by atoms with Crippen molar-refractivity contribution in [3.63, 3.8) is 0 Å². The maximum atomic E-state index is 13.2. The van der Waals surface area contributed by atoms with E-state index in [0.717, 1.165) is 5.56 Å². The fourth-order valence-electron chi connectivity index (χ4n) is 3.99. The van der Waals surface area contributed by atoms with Crippen molar-refractivity contribution in [2.45, 2.75) is 0 Å². The smallest absolute Gasteiger partial charge is 0.293 e. The molecule has 0 atom stereocenters. The van der Waals surface area contributed by atoms with Crippen LogP contribution in [0.1, 0.15) is 16.1 Å². The number of hydrogen-bond acceptors (Lipinski definition) is 7. The number of fused-ring (bicyclic) bond motifs is 3. The van der Waals surface area contributed by atoms with E-state index in [9.17, 15) is 9.59 Å². The number of furan rings is 1. The predicted molar refractivity (Wildman–Crippen MR) is 132 cm³/mol. The van der Waals surface area contributed by atoms with E-state index in [2.05, 4.69) is 10.6 Å². The summed E-state index contributed by atoms with van der Waals surface area (Å²) in [6.07, 6.45) is 3.02. The molecule has 0 unspecified atom stereocenters. The Morgan fingerprint density at radius 2 is 1.53 bits per heavy atom. The average molecular weight is 484 g/mol. The number of ether oxygens (including phenoxy) is 4. The fraction of sp³-hybridized carbons (Fsp3) is 0.111. The average Bonchev–Trinajstić information content (AvgIpc) is 3.52. The zero-order chi connectivity index (χ0) is 24.5. The van der Waals surface area contributed by atoms with Crippen LogP contribution in [0.3, 0.4) is 0 Å². The van der Waals surface area contributed by atoms with Gasteiger partial charge in [0.05, 0.1) is 0 Å². The van der Waals surface area contributed by atoms with Crippen LogP contribution in [0.15, 0.2) is 71.2 Å². The summed E-state index contributed by atoms with van der Waals surface area (Å²) < 4.78 is 27.6. The molecule has 0 saturated heterocycles. The molecular weight excluding hydrogens is 464 g/mol. The molecule has 2 aliphatic heterocycles. The molecule has 6 rings (SSSR count). The highest BCUT2D eigenvalue weighted by Gasteiger charge is 2.23. The van der Waals surface area contributed by atoms with E-state index in [0.29, 0.717) is 52.9 Å². The number of carbonyl (C=O) groups is 2. The highest BCUT2D eigenvalue weighted by molar-refractivity contribution is 6.16. The van der Waals surface area contributed by atoms with Crippen molar-refractivity contribution in [1.29, 1.82) is 0 Å². The molecule has 1 aromatic heterocycles. The van der Waals surface area contributed by atoms with Gasteiger partial charge in [-0.15, -0.1) is 0 Å². The molecule has 36 heavy (non-hydrogen) atoms. The van der Waals surface area contributed by atoms with Gasteiger partial charge in [-0.1, -0.05) is 18.2 Å². The molecule has 4 aromatic rings. The van der Waals surface area contributed by atoms with Crippen molar-refractivity contribution in [3.05, 3.63) is 78.1 Å². The maximum absolute atomic E-state index is 13.2. The summed E-state index contributed by atoms with van der Waals surface area (Å²) in [6.45, 7) is 1.08. The Labute approximate surface area is 205 Å². The van der Waals surface area contributed by atoms with Crippen LogP contribution in [-0.4, -0.2) is 31.8 Å². The van der Waals surface area contributed by atoms with Crippen molar-refractivity contribution in [2.24, 2.45) is 0 Å². The molecule has 2 N–H and O–H groups in total. The number of para-hydroxylation sites is 1. The molecule has 180 valence electrons. The Bertz CT molecular complexity index is 1520. The Morgan fingerprint density at radius 3 is 2.44 bits per heavy atom. The quantitative estimate of drug-likeness (QED) is 0.390. The van der Waals surface area contributed by atoms with E-state index in [-0.39, 0.29) is 18.2 Å². The topological polar surface area (TPSA) is 108 Å². The third-order valence-corrected chi connectivity index (χ3v) is 5.67. The van der Waals surface area contributed by atoms with Gasteiger partial charge in [0.2, 0.25) is 18.5 Å². The predicted octanol–water partition coefficient (Wildman–Crippen LogP) is 4.84. The minimum absolute atomic E-state index is 0.0177. The molecule has 3 heterocycles. The zero-order valence-corrected chi connectivity index (χ0v) is 18.9. The molecule has 9 nitrogen and oxygen atoms in total. The first-order valence-corrected chi connectivity index (χ1v) is 11.3. The van der Waals surface area contributed by atoms with Crippen molar-refractivity contribution in [3.8, 4) is 23.0 Å². The second kappa shape index (κ2) is 9.03. The summed E-state index contributed by atoms with van der Waals surface area (Å²) in [7, 11) is 0. The highest BCUT2D eigenvalue weighted by Crippen LogP contribution is 2.35. The lowest BCUT2D eigenvalue weighted by atomic mass is 10.2. The molecule has 3 aromatic carbocycles. The van der Waals surface area contributed by atoms with Gasteiger partial charge in [-0.2, -0.15) is 0 Å². The molecule has 0 radical (unpaired) electrons. The molecule has 9 heteroatoms. The van der Waals surface area contributed by atoms with Crippen LogP contribution in [0.25, 0.3) is 17.0 Å². The first-order valence-electron chi connectivity index (χ1n) is 11.3. The molecule has 0 fully saturated rings. The number of hydrogen-bond donors (Lipinski definition) is 2. The van der Waals surface area contributed by atoms with Gasteiger partial charge in [0, 0.05) is 23.2 Å². The summed E-state index contributed by atoms with van der Waals surface area (Å²) in [6, 6.07) is 17.6. The molecule has 2 aliphatic rings. The van der Waals surface area contributed by atoms with Gasteiger partial charge in [-0.3, -0.25) is 9.59 Å². The highest BCUT2D eigenvalue weighted by atomic mass is 16.7. The van der Waals surface area contributed by atoms with Gasteiger partial charge < -0.3 is 34.0 Å². The minimum atomic E-state index is -0.516. The van der Waals surface area contributed by atoms with Gasteiger partial charge >= 0.3 is 0 Å². The number of carbonyl (C=O) groups excluding carboxylic acids is 2. The van der Waals surface area contributed by atoms with Gasteiger partial charge in [0.25, 0.3) is 5.91 Å². The number of amides is 2. The van der Waals surface area contributed by atoms with Gasteiger partial charge in [0.1, 0.15) is 24.5 Å². The third-order valence-electron chi connectivity index (χ3n) is 5.67. The van der Waals surface area contributed by atoms with E-state index in [4.69, 9.17) is 23.4 Å². The third kappa shape index (κ3) is 4.18. The molecular formula is C27H20N2O7. The lowest BCUT2D eigenvalue weighted by Gasteiger charge is -2.18. The summed E-state index contributed by atoms with van der Waals surface area (Å²) in [4.78, 5) is 26.0. The molecule has 0 spiro atoms. The fourth-order valence-corrected chi connectivity index (χ4v) is 3.99. The Kier molecular flexibility index (Phi) is 5.42. The van der Waals surface area contributed by atoms with Crippen molar-refractivity contribution >= 4 is 40.2 Å². The molecule has 0 aliphatic carbocycles. The second-order valence-electron chi connectivity index (χ2n) is 8.05. The SMILES string of the molecule is O=C(/C=C/c1ccc2c(c1)OCO2)Nc1c(C(=O)Nc2ccc3c(c2)OCCO3)oc2ccccc12. The Balaban J connectivity index is 1.24. The van der Waals surface area contributed by atoms with Crippen LogP contribution >= 0.6 is 0 Å². The summed E-state index contributed by atoms with van der Waals surface area (Å²) >= 11 is 0. The van der Waals surface area contributed by atoms with Crippen molar-refractivity contribution < 1.29 is 33.0 Å². The van der Waals surface area contributed by atoms with Crippen LogP contribution in [0.4, 0.5) is 11.4 Å². The minimum Gasteiger partial charge on any atom is -0.486 e. The number of nitrogens with one attached hydrogen (secondary N) is 2. The zero-order valence-electron chi connectivity index (χ0n) is 18.9. The number of rotatable bonds is 5. The molecule has 2 amide bonds. The Morgan fingerprint density at radius 1 is 0.778 bits per heavy atom. The molecule has 0 bridgehead atoms. The van der Waals surface area contributed by atoms with Crippen LogP contribution in [0.5, 0.6) is 23.0 Å². The monoisotopic (exact) mass is 484 g/mol. The summed E-state index contributed by atoms with van der Waals surface area (Å²) in [5.41, 5.74) is 2.02. The number of anilines is 2. The van der Waals surface area contributed by atoms with Crippen molar-refractivity contribution in [2.75, 3.05) is 30.6 Å². The van der Waals surface area contributed by atoms with E-state index >= 15 is 0 Å². The van der Waals surface area contributed by atoms with Crippen LogP contribution in [-0.2, 0) is 4.79 Å². The Hall–Kier alpha value is -4.92.